The van der Waals surface area contributed by atoms with E-state index in [1.807, 2.05) is 12.1 Å². The van der Waals surface area contributed by atoms with Crippen LogP contribution >= 0.6 is 15.9 Å². The second kappa shape index (κ2) is 3.30. The van der Waals surface area contributed by atoms with E-state index in [1.165, 1.54) is 12.8 Å². The van der Waals surface area contributed by atoms with E-state index in [4.69, 9.17) is 0 Å². The van der Waals surface area contributed by atoms with Gasteiger partial charge in [-0.15, -0.1) is 0 Å². The van der Waals surface area contributed by atoms with Crippen molar-refractivity contribution in [1.29, 1.82) is 0 Å². The lowest BCUT2D eigenvalue weighted by Crippen LogP contribution is -2.00. The monoisotopic (exact) mass is 265 g/mol. The van der Waals surface area contributed by atoms with Crippen LogP contribution < -0.4 is 0 Å². The van der Waals surface area contributed by atoms with Crippen molar-refractivity contribution in [3.8, 4) is 0 Å². The van der Waals surface area contributed by atoms with Gasteiger partial charge in [-0.2, -0.15) is 0 Å². The zero-order valence-corrected chi connectivity index (χ0v) is 10.2. The molecule has 0 atom stereocenters. The third kappa shape index (κ3) is 1.47. The Morgan fingerprint density at radius 3 is 2.87 bits per heavy atom. The SMILES string of the molecule is CCc1nc2ccc(Br)nc2n1C1CC1. The number of aromatic nitrogens is 3. The summed E-state index contributed by atoms with van der Waals surface area (Å²) in [5.41, 5.74) is 2.05. The van der Waals surface area contributed by atoms with Crippen LogP contribution in [0.5, 0.6) is 0 Å². The van der Waals surface area contributed by atoms with E-state index < -0.39 is 0 Å². The number of halogens is 1. The lowest BCUT2D eigenvalue weighted by Gasteiger charge is -2.04. The number of nitrogens with zero attached hydrogens (tertiary/aromatic N) is 3. The first-order chi connectivity index (χ1) is 7.29. The Labute approximate surface area is 96.7 Å². The molecule has 2 aromatic rings. The van der Waals surface area contributed by atoms with Gasteiger partial charge in [-0.25, -0.2) is 9.97 Å². The fourth-order valence-electron chi connectivity index (χ4n) is 1.96. The van der Waals surface area contributed by atoms with Crippen LogP contribution in [-0.4, -0.2) is 14.5 Å². The first-order valence-corrected chi connectivity index (χ1v) is 6.12. The molecule has 3 rings (SSSR count). The quantitative estimate of drug-likeness (QED) is 0.782. The van der Waals surface area contributed by atoms with Crippen LogP contribution in [0.1, 0.15) is 31.6 Å². The zero-order chi connectivity index (χ0) is 10.4. The summed E-state index contributed by atoms with van der Waals surface area (Å²) in [6.45, 7) is 2.15. The summed E-state index contributed by atoms with van der Waals surface area (Å²) in [7, 11) is 0. The molecule has 2 heterocycles. The van der Waals surface area contributed by atoms with Gasteiger partial charge in [0.1, 0.15) is 15.9 Å². The van der Waals surface area contributed by atoms with Crippen molar-refractivity contribution in [2.45, 2.75) is 32.2 Å². The van der Waals surface area contributed by atoms with Gasteiger partial charge in [-0.1, -0.05) is 6.92 Å². The van der Waals surface area contributed by atoms with Gasteiger partial charge in [-0.05, 0) is 40.9 Å². The number of pyridine rings is 1. The maximum absolute atomic E-state index is 4.61. The Balaban J connectivity index is 2.30. The van der Waals surface area contributed by atoms with Crippen molar-refractivity contribution >= 4 is 27.1 Å². The molecular formula is C11H12BrN3. The molecule has 78 valence electrons. The van der Waals surface area contributed by atoms with Gasteiger partial charge in [0.25, 0.3) is 0 Å². The summed E-state index contributed by atoms with van der Waals surface area (Å²) in [5, 5.41) is 0. The summed E-state index contributed by atoms with van der Waals surface area (Å²) in [6.07, 6.45) is 3.52. The first-order valence-electron chi connectivity index (χ1n) is 5.33. The van der Waals surface area contributed by atoms with Crippen LogP contribution in [0.2, 0.25) is 0 Å². The minimum absolute atomic E-state index is 0.645. The minimum Gasteiger partial charge on any atom is -0.310 e. The van der Waals surface area contributed by atoms with Crippen molar-refractivity contribution in [1.82, 2.24) is 14.5 Å². The summed E-state index contributed by atoms with van der Waals surface area (Å²) >= 11 is 3.42. The third-order valence-electron chi connectivity index (χ3n) is 2.80. The maximum Gasteiger partial charge on any atom is 0.161 e. The fourth-order valence-corrected chi connectivity index (χ4v) is 2.26. The van der Waals surface area contributed by atoms with Gasteiger partial charge < -0.3 is 4.57 Å². The highest BCUT2D eigenvalue weighted by molar-refractivity contribution is 9.10. The Morgan fingerprint density at radius 1 is 1.40 bits per heavy atom. The van der Waals surface area contributed by atoms with Crippen LogP contribution in [0, 0.1) is 0 Å². The second-order valence-corrected chi connectivity index (χ2v) is 4.77. The molecule has 4 heteroatoms. The number of rotatable bonds is 2. The zero-order valence-electron chi connectivity index (χ0n) is 8.57. The number of imidazole rings is 1. The predicted molar refractivity (Wildman–Crippen MR) is 62.9 cm³/mol. The van der Waals surface area contributed by atoms with Gasteiger partial charge in [0.15, 0.2) is 5.65 Å². The Bertz CT molecular complexity index is 514. The van der Waals surface area contributed by atoms with Gasteiger partial charge in [-0.3, -0.25) is 0 Å². The minimum atomic E-state index is 0.645. The molecule has 1 aliphatic carbocycles. The Kier molecular flexibility index (Phi) is 2.06. The van der Waals surface area contributed by atoms with E-state index in [1.54, 1.807) is 0 Å². The van der Waals surface area contributed by atoms with Crippen molar-refractivity contribution in [3.63, 3.8) is 0 Å². The van der Waals surface area contributed by atoms with Gasteiger partial charge >= 0.3 is 0 Å². The topological polar surface area (TPSA) is 30.7 Å². The Morgan fingerprint density at radius 2 is 2.20 bits per heavy atom. The molecule has 0 bridgehead atoms. The molecule has 0 amide bonds. The van der Waals surface area contributed by atoms with Gasteiger partial charge in [0, 0.05) is 12.5 Å². The largest absolute Gasteiger partial charge is 0.310 e. The smallest absolute Gasteiger partial charge is 0.161 e. The van der Waals surface area contributed by atoms with Crippen molar-refractivity contribution in [2.75, 3.05) is 0 Å². The van der Waals surface area contributed by atoms with Crippen LogP contribution in [0.3, 0.4) is 0 Å². The number of hydrogen-bond acceptors (Lipinski definition) is 2. The standard InChI is InChI=1S/C11H12BrN3/c1-2-10-13-8-5-6-9(12)14-11(8)15(10)7-3-4-7/h5-7H,2-4H2,1H3. The number of aryl methyl sites for hydroxylation is 1. The molecule has 1 aliphatic rings. The summed E-state index contributed by atoms with van der Waals surface area (Å²) in [6, 6.07) is 4.63. The van der Waals surface area contributed by atoms with E-state index in [0.717, 1.165) is 28.0 Å². The maximum atomic E-state index is 4.61. The van der Waals surface area contributed by atoms with E-state index >= 15 is 0 Å². The second-order valence-electron chi connectivity index (χ2n) is 3.96. The van der Waals surface area contributed by atoms with Crippen LogP contribution in [-0.2, 0) is 6.42 Å². The lowest BCUT2D eigenvalue weighted by molar-refractivity contribution is 0.701. The highest BCUT2D eigenvalue weighted by atomic mass is 79.9. The molecule has 0 aliphatic heterocycles. The van der Waals surface area contributed by atoms with Gasteiger partial charge in [0.05, 0.1) is 0 Å². The molecule has 15 heavy (non-hydrogen) atoms. The fraction of sp³-hybridized carbons (Fsp3) is 0.455. The molecule has 2 aromatic heterocycles. The highest BCUT2D eigenvalue weighted by Crippen LogP contribution is 2.38. The average molecular weight is 266 g/mol. The molecule has 0 N–H and O–H groups in total. The Hall–Kier alpha value is -0.900. The molecule has 0 spiro atoms. The molecule has 1 fully saturated rings. The molecular weight excluding hydrogens is 254 g/mol. The van der Waals surface area contributed by atoms with Crippen LogP contribution in [0.25, 0.3) is 11.2 Å². The average Bonchev–Trinajstić information content (AvgIpc) is 2.99. The van der Waals surface area contributed by atoms with Gasteiger partial charge in [0.2, 0.25) is 0 Å². The number of hydrogen-bond donors (Lipinski definition) is 0. The highest BCUT2D eigenvalue weighted by Gasteiger charge is 2.28. The van der Waals surface area contributed by atoms with Crippen LogP contribution in [0.4, 0.5) is 0 Å². The molecule has 0 unspecified atom stereocenters. The molecule has 0 aromatic carbocycles. The summed E-state index contributed by atoms with van der Waals surface area (Å²) < 4.78 is 3.19. The van der Waals surface area contributed by atoms with E-state index in [9.17, 15) is 0 Å². The summed E-state index contributed by atoms with van der Waals surface area (Å²) in [5.74, 6) is 1.16. The predicted octanol–water partition coefficient (Wildman–Crippen LogP) is 3.09. The van der Waals surface area contributed by atoms with Crippen molar-refractivity contribution < 1.29 is 0 Å². The molecule has 0 saturated heterocycles. The molecule has 1 saturated carbocycles. The van der Waals surface area contributed by atoms with Crippen molar-refractivity contribution in [3.05, 3.63) is 22.6 Å². The lowest BCUT2D eigenvalue weighted by atomic mass is 10.4. The van der Waals surface area contributed by atoms with E-state index in [0.29, 0.717) is 6.04 Å². The van der Waals surface area contributed by atoms with E-state index in [-0.39, 0.29) is 0 Å². The normalized spacial score (nSPS) is 16.1. The van der Waals surface area contributed by atoms with E-state index in [2.05, 4.69) is 37.4 Å². The first kappa shape index (κ1) is 9.33. The number of fused-ring (bicyclic) bond motifs is 1. The van der Waals surface area contributed by atoms with Crippen LogP contribution in [0.15, 0.2) is 16.7 Å². The summed E-state index contributed by atoms with van der Waals surface area (Å²) in [4.78, 5) is 9.14. The molecule has 0 radical (unpaired) electrons. The molecule has 3 nitrogen and oxygen atoms in total. The van der Waals surface area contributed by atoms with Crippen molar-refractivity contribution in [2.24, 2.45) is 0 Å². The third-order valence-corrected chi connectivity index (χ3v) is 3.25.